The molecule has 146 valence electrons. The highest BCUT2D eigenvalue weighted by molar-refractivity contribution is 5.94. The molecule has 2 heterocycles. The fourth-order valence-corrected chi connectivity index (χ4v) is 5.07. The molecule has 3 fully saturated rings. The van der Waals surface area contributed by atoms with Gasteiger partial charge in [0.2, 0.25) is 11.8 Å². The SMILES string of the molecule is O=C([C@@H]1CCCN1C(=O)C1(c2ccccc2)CCCCC1)N1CCOCC1. The molecule has 0 aromatic heterocycles. The minimum absolute atomic E-state index is 0.114. The van der Waals surface area contributed by atoms with Crippen LogP contribution in [0, 0.1) is 0 Å². The number of amides is 2. The number of hydrogen-bond donors (Lipinski definition) is 0. The van der Waals surface area contributed by atoms with Gasteiger partial charge in [0.1, 0.15) is 6.04 Å². The predicted octanol–water partition coefficient (Wildman–Crippen LogP) is 2.74. The standard InChI is InChI=1S/C22H30N2O3/c25-20(23-14-16-27-17-15-23)19-10-7-13-24(19)21(26)22(11-5-2-6-12-22)18-8-3-1-4-9-18/h1,3-4,8-9,19H,2,5-7,10-17H2/t19-/m0/s1. The van der Waals surface area contributed by atoms with Gasteiger partial charge in [0.05, 0.1) is 18.6 Å². The molecule has 1 saturated carbocycles. The van der Waals surface area contributed by atoms with Gasteiger partial charge in [-0.3, -0.25) is 9.59 Å². The Morgan fingerprint density at radius 1 is 0.926 bits per heavy atom. The number of nitrogens with zero attached hydrogens (tertiary/aromatic N) is 2. The van der Waals surface area contributed by atoms with E-state index < -0.39 is 5.41 Å². The highest BCUT2D eigenvalue weighted by Gasteiger charge is 2.47. The summed E-state index contributed by atoms with van der Waals surface area (Å²) in [6, 6.07) is 9.96. The van der Waals surface area contributed by atoms with Crippen molar-refractivity contribution >= 4 is 11.8 Å². The van der Waals surface area contributed by atoms with Gasteiger partial charge in [-0.05, 0) is 31.2 Å². The molecule has 0 N–H and O–H groups in total. The lowest BCUT2D eigenvalue weighted by atomic mass is 9.68. The maximum Gasteiger partial charge on any atom is 0.245 e. The van der Waals surface area contributed by atoms with Crippen molar-refractivity contribution in [1.82, 2.24) is 9.80 Å². The molecule has 2 saturated heterocycles. The zero-order valence-electron chi connectivity index (χ0n) is 16.1. The normalized spacial score (nSPS) is 25.4. The van der Waals surface area contributed by atoms with Gasteiger partial charge in [-0.15, -0.1) is 0 Å². The van der Waals surface area contributed by atoms with E-state index in [0.29, 0.717) is 32.8 Å². The molecule has 3 aliphatic rings. The van der Waals surface area contributed by atoms with Gasteiger partial charge < -0.3 is 14.5 Å². The van der Waals surface area contributed by atoms with Crippen LogP contribution in [0.4, 0.5) is 0 Å². The Morgan fingerprint density at radius 2 is 1.63 bits per heavy atom. The molecule has 1 aromatic rings. The van der Waals surface area contributed by atoms with E-state index in [1.54, 1.807) is 0 Å². The summed E-state index contributed by atoms with van der Waals surface area (Å²) in [6.45, 7) is 3.18. The van der Waals surface area contributed by atoms with Crippen molar-refractivity contribution in [3.63, 3.8) is 0 Å². The summed E-state index contributed by atoms with van der Waals surface area (Å²) in [5, 5.41) is 0. The molecule has 5 heteroatoms. The lowest BCUT2D eigenvalue weighted by Crippen LogP contribution is -2.55. The first-order chi connectivity index (χ1) is 13.2. The maximum absolute atomic E-state index is 13.9. The quantitative estimate of drug-likeness (QED) is 0.822. The summed E-state index contributed by atoms with van der Waals surface area (Å²) < 4.78 is 5.38. The molecule has 0 unspecified atom stereocenters. The summed E-state index contributed by atoms with van der Waals surface area (Å²) in [5.74, 6) is 0.292. The number of morpholine rings is 1. The summed E-state index contributed by atoms with van der Waals surface area (Å²) in [6.07, 6.45) is 6.84. The van der Waals surface area contributed by atoms with Crippen molar-refractivity contribution in [2.75, 3.05) is 32.8 Å². The van der Waals surface area contributed by atoms with Crippen LogP contribution in [0.15, 0.2) is 30.3 Å². The van der Waals surface area contributed by atoms with Gasteiger partial charge in [0.15, 0.2) is 0 Å². The van der Waals surface area contributed by atoms with Crippen molar-refractivity contribution in [2.24, 2.45) is 0 Å². The number of ether oxygens (including phenoxy) is 1. The van der Waals surface area contributed by atoms with Crippen LogP contribution in [0.1, 0.15) is 50.5 Å². The van der Waals surface area contributed by atoms with E-state index in [0.717, 1.165) is 44.1 Å². The van der Waals surface area contributed by atoms with Crippen molar-refractivity contribution < 1.29 is 14.3 Å². The van der Waals surface area contributed by atoms with Gasteiger partial charge >= 0.3 is 0 Å². The van der Waals surface area contributed by atoms with Crippen LogP contribution in [0.25, 0.3) is 0 Å². The van der Waals surface area contributed by atoms with Gasteiger partial charge in [-0.2, -0.15) is 0 Å². The monoisotopic (exact) mass is 370 g/mol. The molecular weight excluding hydrogens is 340 g/mol. The first-order valence-corrected chi connectivity index (χ1v) is 10.5. The third-order valence-corrected chi connectivity index (χ3v) is 6.56. The van der Waals surface area contributed by atoms with Crippen LogP contribution in [0.3, 0.4) is 0 Å². The highest BCUT2D eigenvalue weighted by atomic mass is 16.5. The second-order valence-electron chi connectivity index (χ2n) is 8.10. The Labute approximate surface area is 161 Å². The molecule has 27 heavy (non-hydrogen) atoms. The molecule has 1 aliphatic carbocycles. The minimum Gasteiger partial charge on any atom is -0.378 e. The fourth-order valence-electron chi connectivity index (χ4n) is 5.07. The van der Waals surface area contributed by atoms with Crippen molar-refractivity contribution in [2.45, 2.75) is 56.4 Å². The van der Waals surface area contributed by atoms with Crippen molar-refractivity contribution in [1.29, 1.82) is 0 Å². The van der Waals surface area contributed by atoms with Crippen LogP contribution >= 0.6 is 0 Å². The van der Waals surface area contributed by atoms with Crippen LogP contribution in [-0.2, 0) is 19.7 Å². The number of benzene rings is 1. The number of hydrogen-bond acceptors (Lipinski definition) is 3. The average molecular weight is 370 g/mol. The molecule has 1 aromatic carbocycles. The summed E-state index contributed by atoms with van der Waals surface area (Å²) in [5.41, 5.74) is 0.673. The van der Waals surface area contributed by atoms with Crippen LogP contribution in [0.2, 0.25) is 0 Å². The van der Waals surface area contributed by atoms with Crippen LogP contribution < -0.4 is 0 Å². The zero-order chi connectivity index (χ0) is 18.7. The largest absolute Gasteiger partial charge is 0.378 e. The number of rotatable bonds is 3. The van der Waals surface area contributed by atoms with Gasteiger partial charge in [0, 0.05) is 19.6 Å². The van der Waals surface area contributed by atoms with Gasteiger partial charge in [-0.25, -0.2) is 0 Å². The number of carbonyl (C=O) groups excluding carboxylic acids is 2. The minimum atomic E-state index is -0.451. The molecule has 4 rings (SSSR count). The molecule has 0 radical (unpaired) electrons. The number of carbonyl (C=O) groups is 2. The Hall–Kier alpha value is -1.88. The van der Waals surface area contributed by atoms with Crippen molar-refractivity contribution in [3.8, 4) is 0 Å². The highest BCUT2D eigenvalue weighted by Crippen LogP contribution is 2.42. The lowest BCUT2D eigenvalue weighted by molar-refractivity contribution is -0.150. The molecule has 0 bridgehead atoms. The second-order valence-corrected chi connectivity index (χ2v) is 8.10. The van der Waals surface area contributed by atoms with Gasteiger partial charge in [-0.1, -0.05) is 49.6 Å². The van der Waals surface area contributed by atoms with E-state index in [1.807, 2.05) is 28.0 Å². The average Bonchev–Trinajstić information content (AvgIpc) is 3.24. The molecule has 2 aliphatic heterocycles. The summed E-state index contributed by atoms with van der Waals surface area (Å²) in [7, 11) is 0. The molecule has 2 amide bonds. The summed E-state index contributed by atoms with van der Waals surface area (Å²) in [4.78, 5) is 30.8. The molecule has 0 spiro atoms. The molecule has 1 atom stereocenters. The molecular formula is C22H30N2O3. The first kappa shape index (κ1) is 18.5. The van der Waals surface area contributed by atoms with E-state index in [1.165, 1.54) is 6.42 Å². The Kier molecular flexibility index (Phi) is 5.48. The van der Waals surface area contributed by atoms with Crippen LogP contribution in [-0.4, -0.2) is 60.5 Å². The topological polar surface area (TPSA) is 49.9 Å². The fraction of sp³-hybridized carbons (Fsp3) is 0.636. The van der Waals surface area contributed by atoms with E-state index in [4.69, 9.17) is 4.74 Å². The van der Waals surface area contributed by atoms with E-state index in [-0.39, 0.29) is 17.9 Å². The van der Waals surface area contributed by atoms with Crippen molar-refractivity contribution in [3.05, 3.63) is 35.9 Å². The molecule has 5 nitrogen and oxygen atoms in total. The maximum atomic E-state index is 13.9. The zero-order valence-corrected chi connectivity index (χ0v) is 16.1. The van der Waals surface area contributed by atoms with Crippen LogP contribution in [0.5, 0.6) is 0 Å². The first-order valence-electron chi connectivity index (χ1n) is 10.5. The Morgan fingerprint density at radius 3 is 2.33 bits per heavy atom. The third-order valence-electron chi connectivity index (χ3n) is 6.56. The third kappa shape index (κ3) is 3.49. The Bertz CT molecular complexity index is 663. The lowest BCUT2D eigenvalue weighted by Gasteiger charge is -2.41. The van der Waals surface area contributed by atoms with E-state index >= 15 is 0 Å². The van der Waals surface area contributed by atoms with Gasteiger partial charge in [0.25, 0.3) is 0 Å². The summed E-state index contributed by atoms with van der Waals surface area (Å²) >= 11 is 0. The van der Waals surface area contributed by atoms with E-state index in [9.17, 15) is 9.59 Å². The number of likely N-dealkylation sites (tertiary alicyclic amines) is 1. The van der Waals surface area contributed by atoms with E-state index in [2.05, 4.69) is 12.1 Å². The smallest absolute Gasteiger partial charge is 0.245 e. The second kappa shape index (κ2) is 8.01. The predicted molar refractivity (Wildman–Crippen MR) is 103 cm³/mol. The Balaban J connectivity index is 1.59.